The van der Waals surface area contributed by atoms with Crippen molar-refractivity contribution in [2.24, 2.45) is 0 Å². The molecule has 0 N–H and O–H groups in total. The summed E-state index contributed by atoms with van der Waals surface area (Å²) in [7, 11) is 3.04. The topological polar surface area (TPSA) is 18.5 Å². The molecule has 0 radical (unpaired) electrons. The zero-order chi connectivity index (χ0) is 9.40. The fourth-order valence-electron chi connectivity index (χ4n) is 1.03. The van der Waals surface area contributed by atoms with E-state index in [1.54, 1.807) is 14.2 Å². The molecule has 74 valence electrons. The van der Waals surface area contributed by atoms with Crippen molar-refractivity contribution >= 4 is 34.8 Å². The Hall–Kier alpha value is 0.837. The van der Waals surface area contributed by atoms with Crippen LogP contribution in [-0.4, -0.2) is 41.2 Å². The van der Waals surface area contributed by atoms with Crippen LogP contribution in [-0.2, 0) is 9.47 Å². The molecule has 0 bridgehead atoms. The highest BCUT2D eigenvalue weighted by Crippen LogP contribution is 2.14. The SMILES string of the molecule is COC(OC)[SiH2]C(CS)CCS. The summed E-state index contributed by atoms with van der Waals surface area (Å²) in [4.78, 5) is 0. The van der Waals surface area contributed by atoms with Crippen molar-refractivity contribution in [1.29, 1.82) is 0 Å². The molecule has 0 spiro atoms. The first-order chi connectivity index (χ1) is 5.78. The standard InChI is InChI=1S/C7H18O2S2Si/c1-8-7(9-2)12-6(5-11)3-4-10/h6-7,10-11H,3-5,12H2,1-2H3. The van der Waals surface area contributed by atoms with Crippen molar-refractivity contribution in [3.05, 3.63) is 0 Å². The van der Waals surface area contributed by atoms with Crippen molar-refractivity contribution in [2.45, 2.75) is 17.9 Å². The molecule has 0 fully saturated rings. The third-order valence-corrected chi connectivity index (χ3v) is 5.52. The summed E-state index contributed by atoms with van der Waals surface area (Å²) in [5, 5.41) is 0. The fraction of sp³-hybridized carbons (Fsp3) is 1.00. The van der Waals surface area contributed by atoms with Gasteiger partial charge in [-0.15, -0.1) is 0 Å². The van der Waals surface area contributed by atoms with Crippen molar-refractivity contribution in [3.8, 4) is 0 Å². The summed E-state index contributed by atoms with van der Waals surface area (Å²) in [6.45, 7) is 0. The number of methoxy groups -OCH3 is 2. The third-order valence-electron chi connectivity index (χ3n) is 1.85. The zero-order valence-corrected chi connectivity index (χ0v) is 10.9. The van der Waals surface area contributed by atoms with Gasteiger partial charge < -0.3 is 9.47 Å². The van der Waals surface area contributed by atoms with Gasteiger partial charge in [0.05, 0.1) is 9.52 Å². The molecule has 0 heterocycles. The van der Waals surface area contributed by atoms with Crippen LogP contribution in [0.5, 0.6) is 0 Å². The van der Waals surface area contributed by atoms with Gasteiger partial charge in [-0.1, -0.05) is 0 Å². The zero-order valence-electron chi connectivity index (χ0n) is 7.69. The van der Waals surface area contributed by atoms with Gasteiger partial charge in [0.25, 0.3) is 0 Å². The molecular formula is C7H18O2S2Si. The Morgan fingerprint density at radius 2 is 1.83 bits per heavy atom. The summed E-state index contributed by atoms with van der Waals surface area (Å²) in [5.74, 6) is 1.90. The number of ether oxygens (including phenoxy) is 2. The van der Waals surface area contributed by atoms with Crippen LogP contribution >= 0.6 is 25.3 Å². The van der Waals surface area contributed by atoms with E-state index >= 15 is 0 Å². The molecule has 0 aromatic rings. The van der Waals surface area contributed by atoms with Gasteiger partial charge in [0.2, 0.25) is 0 Å². The number of thiol groups is 2. The second kappa shape index (κ2) is 8.44. The minimum atomic E-state index is -0.341. The molecule has 1 unspecified atom stereocenters. The molecule has 0 rings (SSSR count). The predicted octanol–water partition coefficient (Wildman–Crippen LogP) is 0.770. The molecule has 2 nitrogen and oxygen atoms in total. The molecule has 1 atom stereocenters. The second-order valence-electron chi connectivity index (χ2n) is 2.70. The molecule has 0 amide bonds. The van der Waals surface area contributed by atoms with Gasteiger partial charge in [0.1, 0.15) is 5.91 Å². The quantitative estimate of drug-likeness (QED) is 0.379. The third kappa shape index (κ3) is 5.48. The summed E-state index contributed by atoms with van der Waals surface area (Å²) in [6, 6.07) is 0. The summed E-state index contributed by atoms with van der Waals surface area (Å²) >= 11 is 8.49. The molecule has 0 aromatic heterocycles. The van der Waals surface area contributed by atoms with Gasteiger partial charge in [-0.3, -0.25) is 0 Å². The van der Waals surface area contributed by atoms with Gasteiger partial charge >= 0.3 is 0 Å². The molecule has 0 aliphatic rings. The first-order valence-corrected chi connectivity index (χ1v) is 6.95. The van der Waals surface area contributed by atoms with E-state index in [0.717, 1.165) is 17.9 Å². The first kappa shape index (κ1) is 12.8. The Morgan fingerprint density at radius 3 is 2.17 bits per heavy atom. The Morgan fingerprint density at radius 1 is 1.25 bits per heavy atom. The minimum absolute atomic E-state index is 0.0435. The van der Waals surface area contributed by atoms with Crippen molar-refractivity contribution in [3.63, 3.8) is 0 Å². The summed E-state index contributed by atoms with van der Waals surface area (Å²) in [5.41, 5.74) is 0.677. The monoisotopic (exact) mass is 226 g/mol. The molecule has 0 aliphatic carbocycles. The lowest BCUT2D eigenvalue weighted by Crippen LogP contribution is -2.26. The Labute approximate surface area is 88.0 Å². The van der Waals surface area contributed by atoms with E-state index in [1.807, 2.05) is 0 Å². The maximum absolute atomic E-state index is 5.16. The highest BCUT2D eigenvalue weighted by Gasteiger charge is 2.14. The molecule has 0 saturated carbocycles. The van der Waals surface area contributed by atoms with Crippen LogP contribution in [0, 0.1) is 0 Å². The normalized spacial score (nSPS) is 14.8. The van der Waals surface area contributed by atoms with E-state index in [2.05, 4.69) is 25.3 Å². The smallest absolute Gasteiger partial charge is 0.134 e. The average Bonchev–Trinajstić information content (AvgIpc) is 2.12. The highest BCUT2D eigenvalue weighted by atomic mass is 32.1. The van der Waals surface area contributed by atoms with Crippen LogP contribution in [0.4, 0.5) is 0 Å². The summed E-state index contributed by atoms with van der Waals surface area (Å²) in [6.07, 6.45) is 1.13. The first-order valence-electron chi connectivity index (χ1n) is 4.05. The van der Waals surface area contributed by atoms with E-state index < -0.39 is 0 Å². The van der Waals surface area contributed by atoms with Gasteiger partial charge in [0, 0.05) is 14.2 Å². The Balaban J connectivity index is 3.65. The van der Waals surface area contributed by atoms with E-state index in [1.165, 1.54) is 0 Å². The molecule has 5 heteroatoms. The molecule has 0 saturated heterocycles. The maximum Gasteiger partial charge on any atom is 0.134 e. The van der Waals surface area contributed by atoms with Crippen LogP contribution in [0.1, 0.15) is 6.42 Å². The van der Waals surface area contributed by atoms with Gasteiger partial charge in [-0.25, -0.2) is 0 Å². The fourth-order valence-corrected chi connectivity index (χ4v) is 3.88. The van der Waals surface area contributed by atoms with Gasteiger partial charge in [-0.05, 0) is 23.5 Å². The highest BCUT2D eigenvalue weighted by molar-refractivity contribution is 7.80. The largest absolute Gasteiger partial charge is 0.360 e. The van der Waals surface area contributed by atoms with Gasteiger partial charge in [0.15, 0.2) is 0 Å². The van der Waals surface area contributed by atoms with Gasteiger partial charge in [-0.2, -0.15) is 25.3 Å². The number of rotatable bonds is 7. The average molecular weight is 226 g/mol. The van der Waals surface area contributed by atoms with Crippen LogP contribution in [0.15, 0.2) is 0 Å². The molecule has 12 heavy (non-hydrogen) atoms. The molecule has 0 aliphatic heterocycles. The van der Waals surface area contributed by atoms with Crippen LogP contribution in [0.2, 0.25) is 5.54 Å². The lowest BCUT2D eigenvalue weighted by Gasteiger charge is -2.18. The summed E-state index contributed by atoms with van der Waals surface area (Å²) < 4.78 is 10.3. The van der Waals surface area contributed by atoms with Crippen molar-refractivity contribution in [2.75, 3.05) is 25.7 Å². The van der Waals surface area contributed by atoms with Crippen molar-refractivity contribution < 1.29 is 9.47 Å². The molecule has 0 aromatic carbocycles. The minimum Gasteiger partial charge on any atom is -0.360 e. The lowest BCUT2D eigenvalue weighted by atomic mass is 10.4. The maximum atomic E-state index is 5.16. The van der Waals surface area contributed by atoms with E-state index in [4.69, 9.17) is 9.47 Å². The number of hydrogen-bond donors (Lipinski definition) is 2. The van der Waals surface area contributed by atoms with E-state index in [0.29, 0.717) is 5.54 Å². The van der Waals surface area contributed by atoms with Crippen LogP contribution < -0.4 is 0 Å². The van der Waals surface area contributed by atoms with E-state index in [-0.39, 0.29) is 15.4 Å². The number of hydrogen-bond acceptors (Lipinski definition) is 4. The lowest BCUT2D eigenvalue weighted by molar-refractivity contribution is -0.0447. The predicted molar refractivity (Wildman–Crippen MR) is 62.4 cm³/mol. The molecular weight excluding hydrogens is 208 g/mol. The van der Waals surface area contributed by atoms with Crippen LogP contribution in [0.3, 0.4) is 0 Å². The van der Waals surface area contributed by atoms with Crippen molar-refractivity contribution in [1.82, 2.24) is 0 Å². The van der Waals surface area contributed by atoms with E-state index in [9.17, 15) is 0 Å². The Kier molecular flexibility index (Phi) is 9.02. The Bertz CT molecular complexity index is 101. The van der Waals surface area contributed by atoms with Crippen LogP contribution in [0.25, 0.3) is 0 Å². The second-order valence-corrected chi connectivity index (χ2v) is 5.80.